The molecule has 0 amide bonds. The lowest BCUT2D eigenvalue weighted by Gasteiger charge is -2.03. The third-order valence-electron chi connectivity index (χ3n) is 3.29. The van der Waals surface area contributed by atoms with Crippen LogP contribution in [0.15, 0.2) is 40.5 Å². The Bertz CT molecular complexity index is 842. The van der Waals surface area contributed by atoms with Crippen molar-refractivity contribution < 1.29 is 4.21 Å². The van der Waals surface area contributed by atoms with Gasteiger partial charge in [-0.2, -0.15) is 5.10 Å². The zero-order valence-electron chi connectivity index (χ0n) is 11.8. The first-order valence-corrected chi connectivity index (χ1v) is 7.72. The SMILES string of the molecule is CCn1nc(S(=O)c2ccccc2C)c2c(N)ncnc21. The van der Waals surface area contributed by atoms with Crippen molar-refractivity contribution in [2.75, 3.05) is 5.73 Å². The van der Waals surface area contributed by atoms with E-state index in [1.807, 2.05) is 38.1 Å². The summed E-state index contributed by atoms with van der Waals surface area (Å²) in [7, 11) is -1.42. The maximum atomic E-state index is 12.9. The number of nitrogens with zero attached hydrogens (tertiary/aromatic N) is 4. The first-order valence-electron chi connectivity index (χ1n) is 6.58. The molecule has 0 radical (unpaired) electrons. The summed E-state index contributed by atoms with van der Waals surface area (Å²) in [6.07, 6.45) is 1.39. The van der Waals surface area contributed by atoms with Crippen LogP contribution >= 0.6 is 0 Å². The predicted molar refractivity (Wildman–Crippen MR) is 81.3 cm³/mol. The van der Waals surface area contributed by atoms with Crippen molar-refractivity contribution in [3.63, 3.8) is 0 Å². The lowest BCUT2D eigenvalue weighted by atomic mass is 10.2. The first-order chi connectivity index (χ1) is 10.1. The van der Waals surface area contributed by atoms with Gasteiger partial charge in [0.05, 0.1) is 5.39 Å². The standard InChI is InChI=1S/C14H15N5OS/c1-3-19-13-11(12(15)16-8-17-13)14(18-19)21(20)10-7-5-4-6-9(10)2/h4-8H,3H2,1-2H3,(H2,15,16,17). The van der Waals surface area contributed by atoms with Gasteiger partial charge in [-0.25, -0.2) is 18.9 Å². The molecule has 0 aliphatic carbocycles. The van der Waals surface area contributed by atoms with E-state index in [0.717, 1.165) is 10.5 Å². The number of nitrogen functional groups attached to an aromatic ring is 1. The van der Waals surface area contributed by atoms with Gasteiger partial charge in [0.2, 0.25) is 0 Å². The molecular weight excluding hydrogens is 286 g/mol. The van der Waals surface area contributed by atoms with E-state index in [4.69, 9.17) is 5.73 Å². The van der Waals surface area contributed by atoms with E-state index in [1.54, 1.807) is 4.68 Å². The molecule has 21 heavy (non-hydrogen) atoms. The number of aryl methyl sites for hydroxylation is 2. The van der Waals surface area contributed by atoms with Gasteiger partial charge in [-0.1, -0.05) is 18.2 Å². The van der Waals surface area contributed by atoms with Gasteiger partial charge >= 0.3 is 0 Å². The molecule has 6 nitrogen and oxygen atoms in total. The minimum absolute atomic E-state index is 0.302. The van der Waals surface area contributed by atoms with Crippen LogP contribution in [0, 0.1) is 6.92 Å². The Hall–Kier alpha value is -2.28. The van der Waals surface area contributed by atoms with E-state index in [9.17, 15) is 4.21 Å². The number of fused-ring (bicyclic) bond motifs is 1. The van der Waals surface area contributed by atoms with Crippen LogP contribution in [0.2, 0.25) is 0 Å². The number of hydrogen-bond donors (Lipinski definition) is 1. The highest BCUT2D eigenvalue weighted by atomic mass is 32.2. The molecule has 3 aromatic rings. The van der Waals surface area contributed by atoms with E-state index in [0.29, 0.717) is 28.4 Å². The fraction of sp³-hybridized carbons (Fsp3) is 0.214. The molecule has 108 valence electrons. The van der Waals surface area contributed by atoms with E-state index in [2.05, 4.69) is 15.1 Å². The zero-order valence-corrected chi connectivity index (χ0v) is 12.6. The Morgan fingerprint density at radius 1 is 1.29 bits per heavy atom. The van der Waals surface area contributed by atoms with Crippen LogP contribution in [-0.2, 0) is 17.3 Å². The average molecular weight is 301 g/mol. The number of nitrogens with two attached hydrogens (primary N) is 1. The van der Waals surface area contributed by atoms with Crippen molar-refractivity contribution in [1.29, 1.82) is 0 Å². The summed E-state index contributed by atoms with van der Waals surface area (Å²) in [5.41, 5.74) is 7.50. The smallest absolute Gasteiger partial charge is 0.167 e. The summed E-state index contributed by atoms with van der Waals surface area (Å²) >= 11 is 0. The molecule has 2 heterocycles. The van der Waals surface area contributed by atoms with Gasteiger partial charge in [0.15, 0.2) is 10.7 Å². The highest BCUT2D eigenvalue weighted by molar-refractivity contribution is 7.85. The second-order valence-corrected chi connectivity index (χ2v) is 5.98. The first kappa shape index (κ1) is 13.7. The third kappa shape index (κ3) is 2.19. The lowest BCUT2D eigenvalue weighted by Crippen LogP contribution is -2.00. The van der Waals surface area contributed by atoms with Gasteiger partial charge < -0.3 is 5.73 Å². The van der Waals surface area contributed by atoms with Gasteiger partial charge in [-0.3, -0.25) is 0 Å². The molecule has 1 atom stereocenters. The molecule has 0 saturated carbocycles. The largest absolute Gasteiger partial charge is 0.383 e. The van der Waals surface area contributed by atoms with Gasteiger partial charge in [-0.05, 0) is 25.5 Å². The van der Waals surface area contributed by atoms with E-state index in [1.165, 1.54) is 6.33 Å². The minimum Gasteiger partial charge on any atom is -0.383 e. The van der Waals surface area contributed by atoms with Crippen molar-refractivity contribution in [3.05, 3.63) is 36.2 Å². The van der Waals surface area contributed by atoms with E-state index in [-0.39, 0.29) is 0 Å². The quantitative estimate of drug-likeness (QED) is 0.798. The molecule has 2 N–H and O–H groups in total. The molecule has 0 aliphatic heterocycles. The Morgan fingerprint density at radius 3 is 2.76 bits per heavy atom. The lowest BCUT2D eigenvalue weighted by molar-refractivity contribution is 0.643. The monoisotopic (exact) mass is 301 g/mol. The molecule has 7 heteroatoms. The number of aromatic nitrogens is 4. The summed E-state index contributed by atoms with van der Waals surface area (Å²) in [6, 6.07) is 7.53. The maximum absolute atomic E-state index is 12.9. The normalized spacial score (nSPS) is 12.7. The molecular formula is C14H15N5OS. The molecule has 3 rings (SSSR count). The fourth-order valence-electron chi connectivity index (χ4n) is 2.22. The Morgan fingerprint density at radius 2 is 2.05 bits per heavy atom. The molecule has 0 fully saturated rings. The Balaban J connectivity index is 2.26. The maximum Gasteiger partial charge on any atom is 0.167 e. The average Bonchev–Trinajstić information content (AvgIpc) is 2.87. The Labute approximate surface area is 124 Å². The van der Waals surface area contributed by atoms with Crippen LogP contribution in [0.5, 0.6) is 0 Å². The predicted octanol–water partition coefficient (Wildman–Crippen LogP) is 1.90. The fourth-order valence-corrected chi connectivity index (χ4v) is 3.54. The summed E-state index contributed by atoms with van der Waals surface area (Å²) in [5.74, 6) is 0.302. The third-order valence-corrected chi connectivity index (χ3v) is 4.79. The second kappa shape index (κ2) is 5.25. The molecule has 0 bridgehead atoms. The van der Waals surface area contributed by atoms with Gasteiger partial charge in [0.25, 0.3) is 0 Å². The van der Waals surface area contributed by atoms with Crippen LogP contribution in [-0.4, -0.2) is 24.0 Å². The number of anilines is 1. The summed E-state index contributed by atoms with van der Waals surface area (Å²) in [6.45, 7) is 4.50. The summed E-state index contributed by atoms with van der Waals surface area (Å²) < 4.78 is 14.6. The van der Waals surface area contributed by atoms with Crippen LogP contribution in [0.4, 0.5) is 5.82 Å². The number of rotatable bonds is 3. The zero-order chi connectivity index (χ0) is 15.0. The van der Waals surface area contributed by atoms with Crippen LogP contribution in [0.3, 0.4) is 0 Å². The van der Waals surface area contributed by atoms with Crippen molar-refractivity contribution in [3.8, 4) is 0 Å². The minimum atomic E-state index is -1.42. The van der Waals surface area contributed by atoms with Crippen molar-refractivity contribution in [2.24, 2.45) is 0 Å². The molecule has 1 unspecified atom stereocenters. The van der Waals surface area contributed by atoms with Gasteiger partial charge in [0, 0.05) is 11.4 Å². The van der Waals surface area contributed by atoms with Gasteiger partial charge in [-0.15, -0.1) is 0 Å². The highest BCUT2D eigenvalue weighted by Crippen LogP contribution is 2.28. The second-order valence-electron chi connectivity index (χ2n) is 4.61. The van der Waals surface area contributed by atoms with E-state index < -0.39 is 10.8 Å². The topological polar surface area (TPSA) is 86.7 Å². The number of hydrogen-bond acceptors (Lipinski definition) is 5. The summed E-state index contributed by atoms with van der Waals surface area (Å²) in [5, 5.41) is 5.41. The van der Waals surface area contributed by atoms with Crippen LogP contribution in [0.25, 0.3) is 11.0 Å². The van der Waals surface area contributed by atoms with Crippen LogP contribution in [0.1, 0.15) is 12.5 Å². The molecule has 0 saturated heterocycles. The van der Waals surface area contributed by atoms with Crippen LogP contribution < -0.4 is 5.73 Å². The summed E-state index contributed by atoms with van der Waals surface area (Å²) in [4.78, 5) is 8.93. The number of benzene rings is 1. The van der Waals surface area contributed by atoms with Crippen molar-refractivity contribution in [1.82, 2.24) is 19.7 Å². The highest BCUT2D eigenvalue weighted by Gasteiger charge is 2.21. The Kier molecular flexibility index (Phi) is 3.42. The molecule has 0 aliphatic rings. The molecule has 2 aromatic heterocycles. The molecule has 0 spiro atoms. The van der Waals surface area contributed by atoms with Gasteiger partial charge in [0.1, 0.15) is 22.9 Å². The molecule has 1 aromatic carbocycles. The van der Waals surface area contributed by atoms with Crippen molar-refractivity contribution in [2.45, 2.75) is 30.3 Å². The van der Waals surface area contributed by atoms with Crippen molar-refractivity contribution >= 4 is 27.7 Å². The van der Waals surface area contributed by atoms with E-state index >= 15 is 0 Å².